The number of hydrogen-bond donors (Lipinski definition) is 1. The van der Waals surface area contributed by atoms with Crippen LogP contribution in [-0.2, 0) is 11.3 Å². The van der Waals surface area contributed by atoms with Crippen LogP contribution in [-0.4, -0.2) is 29.2 Å². The van der Waals surface area contributed by atoms with E-state index in [0.29, 0.717) is 6.54 Å². The number of rotatable bonds is 6. The summed E-state index contributed by atoms with van der Waals surface area (Å²) in [4.78, 5) is 3.94. The molecule has 1 aromatic rings. The minimum absolute atomic E-state index is 0.123. The van der Waals surface area contributed by atoms with Crippen molar-refractivity contribution in [1.82, 2.24) is 9.55 Å². The molecule has 0 bridgehead atoms. The molecule has 1 unspecified atom stereocenters. The summed E-state index contributed by atoms with van der Waals surface area (Å²) in [5, 5.41) is 0. The van der Waals surface area contributed by atoms with Crippen molar-refractivity contribution in [2.45, 2.75) is 25.9 Å². The van der Waals surface area contributed by atoms with Gasteiger partial charge in [-0.05, 0) is 6.92 Å². The summed E-state index contributed by atoms with van der Waals surface area (Å²) < 4.78 is 30.1. The Hall–Kier alpha value is -1.01. The van der Waals surface area contributed by atoms with E-state index in [-0.39, 0.29) is 12.6 Å². The zero-order valence-electron chi connectivity index (χ0n) is 8.57. The molecule has 0 fully saturated rings. The fraction of sp³-hybridized carbons (Fsp3) is 0.667. The lowest BCUT2D eigenvalue weighted by Crippen LogP contribution is -2.15. The zero-order chi connectivity index (χ0) is 11.3. The highest BCUT2D eigenvalue weighted by molar-refractivity contribution is 5.02. The maximum Gasteiger partial charge on any atom is 0.261 e. The van der Waals surface area contributed by atoms with E-state index >= 15 is 0 Å². The quantitative estimate of drug-likeness (QED) is 0.731. The largest absolute Gasteiger partial charge is 0.374 e. The Labute approximate surface area is 87.0 Å². The first-order valence-corrected chi connectivity index (χ1v) is 4.72. The molecule has 86 valence electrons. The van der Waals surface area contributed by atoms with Gasteiger partial charge in [0.05, 0.1) is 18.6 Å². The van der Waals surface area contributed by atoms with E-state index in [1.54, 1.807) is 17.1 Å². The summed E-state index contributed by atoms with van der Waals surface area (Å²) in [5.74, 6) is 0. The number of alkyl halides is 2. The fourth-order valence-corrected chi connectivity index (χ4v) is 1.23. The topological polar surface area (TPSA) is 53.1 Å². The molecule has 0 aliphatic rings. The molecule has 0 radical (unpaired) electrons. The highest BCUT2D eigenvalue weighted by Gasteiger charge is 2.06. The molecule has 1 heterocycles. The Bertz CT molecular complexity index is 289. The van der Waals surface area contributed by atoms with Gasteiger partial charge in [-0.15, -0.1) is 0 Å². The SMILES string of the molecule is CC(N)c1cncn1CCOCC(F)F. The normalized spacial score (nSPS) is 13.4. The average Bonchev–Trinajstić information content (AvgIpc) is 2.60. The van der Waals surface area contributed by atoms with Crippen LogP contribution in [0.25, 0.3) is 0 Å². The molecule has 15 heavy (non-hydrogen) atoms. The van der Waals surface area contributed by atoms with Crippen molar-refractivity contribution in [3.8, 4) is 0 Å². The van der Waals surface area contributed by atoms with Gasteiger partial charge in [0.2, 0.25) is 0 Å². The van der Waals surface area contributed by atoms with Crippen molar-refractivity contribution in [2.75, 3.05) is 13.2 Å². The highest BCUT2D eigenvalue weighted by Crippen LogP contribution is 2.08. The fourth-order valence-electron chi connectivity index (χ4n) is 1.23. The molecule has 0 saturated heterocycles. The molecule has 2 N–H and O–H groups in total. The summed E-state index contributed by atoms with van der Waals surface area (Å²) >= 11 is 0. The number of nitrogens with two attached hydrogens (primary N) is 1. The molecular formula is C9H15F2N3O. The average molecular weight is 219 g/mol. The number of imidazole rings is 1. The van der Waals surface area contributed by atoms with Gasteiger partial charge in [0.1, 0.15) is 6.61 Å². The Morgan fingerprint density at radius 2 is 2.33 bits per heavy atom. The molecule has 1 rings (SSSR count). The molecule has 0 amide bonds. The molecule has 0 aliphatic carbocycles. The van der Waals surface area contributed by atoms with Gasteiger partial charge in [-0.2, -0.15) is 0 Å². The first kappa shape index (κ1) is 12.1. The van der Waals surface area contributed by atoms with Crippen LogP contribution in [0.1, 0.15) is 18.7 Å². The molecule has 1 atom stereocenters. The monoisotopic (exact) mass is 219 g/mol. The second-order valence-corrected chi connectivity index (χ2v) is 3.27. The van der Waals surface area contributed by atoms with Gasteiger partial charge >= 0.3 is 0 Å². The van der Waals surface area contributed by atoms with Crippen LogP contribution in [0.5, 0.6) is 0 Å². The highest BCUT2D eigenvalue weighted by atomic mass is 19.3. The van der Waals surface area contributed by atoms with Crippen LogP contribution >= 0.6 is 0 Å². The molecule has 6 heteroatoms. The number of nitrogens with zero attached hydrogens (tertiary/aromatic N) is 2. The Balaban J connectivity index is 2.34. The predicted octanol–water partition coefficient (Wildman–Crippen LogP) is 1.18. The summed E-state index contributed by atoms with van der Waals surface area (Å²) in [6.07, 6.45) is 0.864. The van der Waals surface area contributed by atoms with Crippen molar-refractivity contribution >= 4 is 0 Å². The third kappa shape index (κ3) is 3.93. The lowest BCUT2D eigenvalue weighted by atomic mass is 10.3. The van der Waals surface area contributed by atoms with Crippen molar-refractivity contribution in [3.05, 3.63) is 18.2 Å². The first-order chi connectivity index (χ1) is 7.11. The van der Waals surface area contributed by atoms with Crippen LogP contribution in [0.2, 0.25) is 0 Å². The van der Waals surface area contributed by atoms with Gasteiger partial charge in [0.25, 0.3) is 6.43 Å². The summed E-state index contributed by atoms with van der Waals surface area (Å²) in [6, 6.07) is -0.123. The van der Waals surface area contributed by atoms with E-state index in [1.807, 2.05) is 6.92 Å². The Morgan fingerprint density at radius 3 is 2.93 bits per heavy atom. The van der Waals surface area contributed by atoms with Gasteiger partial charge in [-0.25, -0.2) is 13.8 Å². The number of aromatic nitrogens is 2. The minimum Gasteiger partial charge on any atom is -0.374 e. The van der Waals surface area contributed by atoms with Crippen LogP contribution in [0.15, 0.2) is 12.5 Å². The number of halogens is 2. The Morgan fingerprint density at radius 1 is 1.60 bits per heavy atom. The molecule has 0 spiro atoms. The molecule has 0 aliphatic heterocycles. The maximum atomic E-state index is 11.7. The molecule has 0 saturated carbocycles. The van der Waals surface area contributed by atoms with Crippen molar-refractivity contribution < 1.29 is 13.5 Å². The standard InChI is InChI=1S/C9H15F2N3O/c1-7(12)8-4-13-6-14(8)2-3-15-5-9(10)11/h4,6-7,9H,2-3,5,12H2,1H3. The number of hydrogen-bond acceptors (Lipinski definition) is 3. The lowest BCUT2D eigenvalue weighted by Gasteiger charge is -2.10. The number of ether oxygens (including phenoxy) is 1. The second kappa shape index (κ2) is 5.77. The van der Waals surface area contributed by atoms with Gasteiger partial charge in [-0.3, -0.25) is 0 Å². The Kier molecular flexibility index (Phi) is 4.64. The summed E-state index contributed by atoms with van der Waals surface area (Å²) in [7, 11) is 0. The van der Waals surface area contributed by atoms with Crippen molar-refractivity contribution in [3.63, 3.8) is 0 Å². The van der Waals surface area contributed by atoms with Crippen molar-refractivity contribution in [1.29, 1.82) is 0 Å². The van der Waals surface area contributed by atoms with Crippen LogP contribution < -0.4 is 5.73 Å². The van der Waals surface area contributed by atoms with Gasteiger partial charge in [-0.1, -0.05) is 0 Å². The molecular weight excluding hydrogens is 204 g/mol. The third-order valence-corrected chi connectivity index (χ3v) is 1.93. The summed E-state index contributed by atoms with van der Waals surface area (Å²) in [6.45, 7) is 2.04. The zero-order valence-corrected chi connectivity index (χ0v) is 8.57. The van der Waals surface area contributed by atoms with E-state index in [4.69, 9.17) is 10.5 Å². The van der Waals surface area contributed by atoms with E-state index in [9.17, 15) is 8.78 Å². The predicted molar refractivity (Wildman–Crippen MR) is 51.7 cm³/mol. The minimum atomic E-state index is -2.42. The molecule has 4 nitrogen and oxygen atoms in total. The van der Waals surface area contributed by atoms with E-state index in [0.717, 1.165) is 5.69 Å². The lowest BCUT2D eigenvalue weighted by molar-refractivity contribution is 0.0145. The van der Waals surface area contributed by atoms with Gasteiger partial charge in [0, 0.05) is 18.8 Å². The van der Waals surface area contributed by atoms with E-state index in [1.165, 1.54) is 0 Å². The summed E-state index contributed by atoms with van der Waals surface area (Å²) in [5.41, 5.74) is 6.56. The van der Waals surface area contributed by atoms with E-state index in [2.05, 4.69) is 4.98 Å². The maximum absolute atomic E-state index is 11.7. The van der Waals surface area contributed by atoms with E-state index < -0.39 is 13.0 Å². The van der Waals surface area contributed by atoms with Crippen molar-refractivity contribution in [2.24, 2.45) is 5.73 Å². The second-order valence-electron chi connectivity index (χ2n) is 3.27. The first-order valence-electron chi connectivity index (χ1n) is 4.72. The van der Waals surface area contributed by atoms with Gasteiger partial charge in [0.15, 0.2) is 0 Å². The smallest absolute Gasteiger partial charge is 0.261 e. The molecule has 0 aromatic carbocycles. The van der Waals surface area contributed by atoms with Crippen LogP contribution in [0, 0.1) is 0 Å². The third-order valence-electron chi connectivity index (χ3n) is 1.93. The molecule has 1 aromatic heterocycles. The van der Waals surface area contributed by atoms with Crippen LogP contribution in [0.4, 0.5) is 8.78 Å². The van der Waals surface area contributed by atoms with Gasteiger partial charge < -0.3 is 15.0 Å². The van der Waals surface area contributed by atoms with Crippen LogP contribution in [0.3, 0.4) is 0 Å².